The second kappa shape index (κ2) is 4.45. The quantitative estimate of drug-likeness (QED) is 0.700. The predicted octanol–water partition coefficient (Wildman–Crippen LogP) is 0.500. The highest BCUT2D eigenvalue weighted by Gasteiger charge is 2.32. The Labute approximate surface area is 99.6 Å². The van der Waals surface area contributed by atoms with Crippen LogP contribution in [0.25, 0.3) is 0 Å². The number of para-hydroxylation sites is 2. The van der Waals surface area contributed by atoms with Crippen LogP contribution in [0.5, 0.6) is 5.75 Å². The summed E-state index contributed by atoms with van der Waals surface area (Å²) < 4.78 is 5.19. The number of carbonyl (C=O) groups excluding carboxylic acids is 2. The summed E-state index contributed by atoms with van der Waals surface area (Å²) in [6.07, 6.45) is 0. The minimum absolute atomic E-state index is 0.484. The van der Waals surface area contributed by atoms with Crippen molar-refractivity contribution in [3.05, 3.63) is 24.3 Å². The number of anilines is 1. The van der Waals surface area contributed by atoms with Crippen molar-refractivity contribution < 1.29 is 14.3 Å². The fourth-order valence-corrected chi connectivity index (χ4v) is 1.81. The summed E-state index contributed by atoms with van der Waals surface area (Å²) >= 11 is 0. The molecule has 0 N–H and O–H groups in total. The molecule has 1 heterocycles. The van der Waals surface area contributed by atoms with Crippen LogP contribution in [0.3, 0.4) is 0 Å². The summed E-state index contributed by atoms with van der Waals surface area (Å²) in [5, 5.41) is 0. The lowest BCUT2D eigenvalue weighted by molar-refractivity contribution is -0.145. The van der Waals surface area contributed by atoms with Crippen molar-refractivity contribution in [2.75, 3.05) is 32.1 Å². The van der Waals surface area contributed by atoms with Gasteiger partial charge in [0.15, 0.2) is 0 Å². The molecule has 5 heteroatoms. The van der Waals surface area contributed by atoms with Crippen LogP contribution in [0.15, 0.2) is 24.3 Å². The van der Waals surface area contributed by atoms with E-state index >= 15 is 0 Å². The van der Waals surface area contributed by atoms with E-state index in [2.05, 4.69) is 0 Å². The highest BCUT2D eigenvalue weighted by molar-refractivity contribution is 6.41. The molecule has 0 saturated carbocycles. The summed E-state index contributed by atoms with van der Waals surface area (Å²) in [5.74, 6) is -0.399. The maximum atomic E-state index is 11.9. The Bertz CT molecular complexity index is 459. The molecule has 0 spiro atoms. The third kappa shape index (κ3) is 1.95. The largest absolute Gasteiger partial charge is 0.495 e. The summed E-state index contributed by atoms with van der Waals surface area (Å²) in [6.45, 7) is 1.02. The number of benzene rings is 1. The molecule has 17 heavy (non-hydrogen) atoms. The van der Waals surface area contributed by atoms with Gasteiger partial charge < -0.3 is 9.64 Å². The number of carbonyl (C=O) groups is 2. The van der Waals surface area contributed by atoms with E-state index in [0.29, 0.717) is 24.5 Å². The van der Waals surface area contributed by atoms with Gasteiger partial charge in [-0.1, -0.05) is 12.1 Å². The molecule has 1 fully saturated rings. The Morgan fingerprint density at radius 3 is 2.53 bits per heavy atom. The average molecular weight is 234 g/mol. The van der Waals surface area contributed by atoms with Gasteiger partial charge in [0, 0.05) is 20.1 Å². The molecule has 0 bridgehead atoms. The molecule has 0 atom stereocenters. The SMILES string of the molecule is COc1ccccc1N1CCN(C)C(=O)C1=O. The molecule has 1 aliphatic heterocycles. The number of hydrogen-bond acceptors (Lipinski definition) is 3. The molecule has 2 amide bonds. The van der Waals surface area contributed by atoms with Gasteiger partial charge in [-0.25, -0.2) is 0 Å². The number of likely N-dealkylation sites (N-methyl/N-ethyl adjacent to an activating group) is 1. The number of amides is 2. The van der Waals surface area contributed by atoms with E-state index in [-0.39, 0.29) is 0 Å². The van der Waals surface area contributed by atoms with E-state index in [1.807, 2.05) is 12.1 Å². The first-order chi connectivity index (χ1) is 8.15. The third-order valence-electron chi connectivity index (χ3n) is 2.81. The van der Waals surface area contributed by atoms with Crippen LogP contribution < -0.4 is 9.64 Å². The van der Waals surface area contributed by atoms with Crippen molar-refractivity contribution in [3.63, 3.8) is 0 Å². The molecule has 0 radical (unpaired) electrons. The van der Waals surface area contributed by atoms with Gasteiger partial charge >= 0.3 is 11.8 Å². The standard InChI is InChI=1S/C12H14N2O3/c1-13-7-8-14(12(16)11(13)15)9-5-3-4-6-10(9)17-2/h3-6H,7-8H2,1-2H3. The highest BCUT2D eigenvalue weighted by Crippen LogP contribution is 2.28. The lowest BCUT2D eigenvalue weighted by Gasteiger charge is -2.32. The Hall–Kier alpha value is -2.04. The van der Waals surface area contributed by atoms with Gasteiger partial charge in [-0.2, -0.15) is 0 Å². The van der Waals surface area contributed by atoms with Crippen molar-refractivity contribution >= 4 is 17.5 Å². The maximum absolute atomic E-state index is 11.9. The van der Waals surface area contributed by atoms with Crippen LogP contribution in [-0.2, 0) is 9.59 Å². The smallest absolute Gasteiger partial charge is 0.316 e. The number of rotatable bonds is 2. The van der Waals surface area contributed by atoms with Gasteiger partial charge in [-0.3, -0.25) is 14.5 Å². The summed E-state index contributed by atoms with van der Waals surface area (Å²) in [4.78, 5) is 26.4. The van der Waals surface area contributed by atoms with E-state index in [4.69, 9.17) is 4.74 Å². The minimum Gasteiger partial charge on any atom is -0.495 e. The molecule has 90 valence electrons. The number of ether oxygens (including phenoxy) is 1. The van der Waals surface area contributed by atoms with Crippen molar-refractivity contribution in [1.82, 2.24) is 4.90 Å². The van der Waals surface area contributed by atoms with Crippen LogP contribution in [-0.4, -0.2) is 44.0 Å². The molecule has 0 unspecified atom stereocenters. The van der Waals surface area contributed by atoms with Gasteiger partial charge in [-0.05, 0) is 12.1 Å². The zero-order chi connectivity index (χ0) is 12.4. The lowest BCUT2D eigenvalue weighted by Crippen LogP contribution is -2.53. The second-order valence-electron chi connectivity index (χ2n) is 3.86. The summed E-state index contributed by atoms with van der Waals surface area (Å²) in [7, 11) is 3.17. The summed E-state index contributed by atoms with van der Waals surface area (Å²) in [6, 6.07) is 7.18. The van der Waals surface area contributed by atoms with Crippen LogP contribution in [0.2, 0.25) is 0 Å². The molecular formula is C12H14N2O3. The Kier molecular flexibility index (Phi) is 2.99. The molecule has 1 aromatic carbocycles. The molecule has 0 aliphatic carbocycles. The van der Waals surface area contributed by atoms with Crippen LogP contribution in [0.1, 0.15) is 0 Å². The van der Waals surface area contributed by atoms with E-state index < -0.39 is 11.8 Å². The van der Waals surface area contributed by atoms with E-state index in [9.17, 15) is 9.59 Å². The molecule has 1 aromatic rings. The first-order valence-electron chi connectivity index (χ1n) is 5.35. The Balaban J connectivity index is 2.34. The first kappa shape index (κ1) is 11.4. The molecule has 0 aromatic heterocycles. The monoisotopic (exact) mass is 234 g/mol. The van der Waals surface area contributed by atoms with Gasteiger partial charge in [0.1, 0.15) is 5.75 Å². The zero-order valence-electron chi connectivity index (χ0n) is 9.84. The fraction of sp³-hybridized carbons (Fsp3) is 0.333. The first-order valence-corrected chi connectivity index (χ1v) is 5.35. The van der Waals surface area contributed by atoms with Gasteiger partial charge in [0.05, 0.1) is 12.8 Å². The zero-order valence-corrected chi connectivity index (χ0v) is 9.84. The van der Waals surface area contributed by atoms with E-state index in [1.54, 1.807) is 26.3 Å². The minimum atomic E-state index is -0.511. The maximum Gasteiger partial charge on any atom is 0.316 e. The predicted molar refractivity (Wildman–Crippen MR) is 63.0 cm³/mol. The molecular weight excluding hydrogens is 220 g/mol. The van der Waals surface area contributed by atoms with Gasteiger partial charge in [0.25, 0.3) is 0 Å². The highest BCUT2D eigenvalue weighted by atomic mass is 16.5. The van der Waals surface area contributed by atoms with Gasteiger partial charge in [0.2, 0.25) is 0 Å². The van der Waals surface area contributed by atoms with Crippen LogP contribution >= 0.6 is 0 Å². The van der Waals surface area contributed by atoms with Crippen molar-refractivity contribution in [1.29, 1.82) is 0 Å². The van der Waals surface area contributed by atoms with Crippen molar-refractivity contribution in [2.24, 2.45) is 0 Å². The molecule has 1 saturated heterocycles. The summed E-state index contributed by atoms with van der Waals surface area (Å²) in [5.41, 5.74) is 0.640. The van der Waals surface area contributed by atoms with Crippen molar-refractivity contribution in [3.8, 4) is 5.75 Å². The Morgan fingerprint density at radius 2 is 1.82 bits per heavy atom. The van der Waals surface area contributed by atoms with Crippen LogP contribution in [0.4, 0.5) is 5.69 Å². The number of nitrogens with zero attached hydrogens (tertiary/aromatic N) is 2. The number of hydrogen-bond donors (Lipinski definition) is 0. The fourth-order valence-electron chi connectivity index (χ4n) is 1.81. The molecule has 1 aliphatic rings. The van der Waals surface area contributed by atoms with E-state index in [0.717, 1.165) is 0 Å². The average Bonchev–Trinajstić information content (AvgIpc) is 2.36. The third-order valence-corrected chi connectivity index (χ3v) is 2.81. The van der Waals surface area contributed by atoms with E-state index in [1.165, 1.54) is 9.80 Å². The second-order valence-corrected chi connectivity index (χ2v) is 3.86. The topological polar surface area (TPSA) is 49.9 Å². The normalized spacial score (nSPS) is 16.4. The van der Waals surface area contributed by atoms with Crippen molar-refractivity contribution in [2.45, 2.75) is 0 Å². The Morgan fingerprint density at radius 1 is 1.12 bits per heavy atom. The number of methoxy groups -OCH3 is 1. The van der Waals surface area contributed by atoms with Crippen LogP contribution in [0, 0.1) is 0 Å². The lowest BCUT2D eigenvalue weighted by atomic mass is 10.2. The number of piperazine rings is 1. The molecule has 2 rings (SSSR count). The molecule has 5 nitrogen and oxygen atoms in total. The van der Waals surface area contributed by atoms with Gasteiger partial charge in [-0.15, -0.1) is 0 Å².